The number of anilines is 1. The van der Waals surface area contributed by atoms with Crippen LogP contribution in [0.25, 0.3) is 0 Å². The van der Waals surface area contributed by atoms with E-state index in [0.29, 0.717) is 12.1 Å². The summed E-state index contributed by atoms with van der Waals surface area (Å²) in [5.41, 5.74) is 0.358. The normalized spacial score (nSPS) is 13.3. The molecule has 1 unspecified atom stereocenters. The van der Waals surface area contributed by atoms with Crippen molar-refractivity contribution in [2.45, 2.75) is 26.2 Å². The summed E-state index contributed by atoms with van der Waals surface area (Å²) in [7, 11) is -3.37. The molecule has 0 aliphatic carbocycles. The molecule has 8 heteroatoms. The van der Waals surface area contributed by atoms with Gasteiger partial charge in [-0.05, 0) is 13.3 Å². The monoisotopic (exact) mass is 278 g/mol. The van der Waals surface area contributed by atoms with Crippen molar-refractivity contribution >= 4 is 32.5 Å². The third kappa shape index (κ3) is 3.97. The van der Waals surface area contributed by atoms with Crippen LogP contribution in [0.2, 0.25) is 0 Å². The molecule has 0 aliphatic heterocycles. The van der Waals surface area contributed by atoms with Crippen molar-refractivity contribution in [2.24, 2.45) is 0 Å². The fraction of sp³-hybridized carbons (Fsp3) is 0.556. The van der Waals surface area contributed by atoms with E-state index in [-0.39, 0.29) is 10.9 Å². The van der Waals surface area contributed by atoms with Crippen LogP contribution in [-0.2, 0) is 14.8 Å². The summed E-state index contributed by atoms with van der Waals surface area (Å²) in [5, 5.41) is 10.5. The molecule has 0 spiro atoms. The Hall–Kier alpha value is -1.15. The van der Waals surface area contributed by atoms with Gasteiger partial charge in [0.25, 0.3) is 0 Å². The van der Waals surface area contributed by atoms with Gasteiger partial charge in [0, 0.05) is 5.38 Å². The van der Waals surface area contributed by atoms with Gasteiger partial charge >= 0.3 is 5.97 Å². The Morgan fingerprint density at radius 1 is 1.65 bits per heavy atom. The number of carboxylic acids is 1. The van der Waals surface area contributed by atoms with Crippen LogP contribution in [0.3, 0.4) is 0 Å². The molecule has 1 heterocycles. The topological polar surface area (TPSA) is 96.4 Å². The number of carboxylic acid groups (broad SMARTS) is 1. The van der Waals surface area contributed by atoms with Gasteiger partial charge < -0.3 is 5.11 Å². The van der Waals surface area contributed by atoms with Crippen LogP contribution in [-0.4, -0.2) is 30.2 Å². The average molecular weight is 278 g/mol. The SMILES string of the molecule is CCCS(=O)(=O)Nc1nc(C(C)C(=O)O)cs1. The molecule has 1 aromatic rings. The van der Waals surface area contributed by atoms with E-state index in [1.807, 2.05) is 0 Å². The van der Waals surface area contributed by atoms with Crippen molar-refractivity contribution < 1.29 is 18.3 Å². The summed E-state index contributed by atoms with van der Waals surface area (Å²) in [6.07, 6.45) is 0.513. The molecule has 2 N–H and O–H groups in total. The van der Waals surface area contributed by atoms with Crippen molar-refractivity contribution in [3.63, 3.8) is 0 Å². The lowest BCUT2D eigenvalue weighted by molar-refractivity contribution is -0.138. The average Bonchev–Trinajstić information content (AvgIpc) is 2.63. The van der Waals surface area contributed by atoms with Crippen LogP contribution in [0.15, 0.2) is 5.38 Å². The van der Waals surface area contributed by atoms with E-state index in [4.69, 9.17) is 5.11 Å². The Labute approximate surface area is 104 Å². The van der Waals surface area contributed by atoms with Crippen LogP contribution in [0.4, 0.5) is 5.13 Å². The van der Waals surface area contributed by atoms with Gasteiger partial charge in [0.2, 0.25) is 10.0 Å². The molecule has 1 aromatic heterocycles. The molecule has 0 saturated carbocycles. The van der Waals surface area contributed by atoms with Gasteiger partial charge in [0.1, 0.15) is 0 Å². The van der Waals surface area contributed by atoms with Crippen LogP contribution >= 0.6 is 11.3 Å². The fourth-order valence-electron chi connectivity index (χ4n) is 1.11. The van der Waals surface area contributed by atoms with Crippen LogP contribution < -0.4 is 4.72 Å². The largest absolute Gasteiger partial charge is 0.481 e. The highest BCUT2D eigenvalue weighted by atomic mass is 32.2. The number of aromatic nitrogens is 1. The van der Waals surface area contributed by atoms with Gasteiger partial charge in [0.15, 0.2) is 5.13 Å². The Balaban J connectivity index is 2.79. The number of sulfonamides is 1. The molecule has 6 nitrogen and oxygen atoms in total. The van der Waals surface area contributed by atoms with E-state index >= 15 is 0 Å². The minimum Gasteiger partial charge on any atom is -0.481 e. The minimum absolute atomic E-state index is 0.0242. The van der Waals surface area contributed by atoms with Gasteiger partial charge in [-0.1, -0.05) is 6.92 Å². The van der Waals surface area contributed by atoms with E-state index in [2.05, 4.69) is 9.71 Å². The molecule has 0 amide bonds. The molecular weight excluding hydrogens is 264 g/mol. The highest BCUT2D eigenvalue weighted by Gasteiger charge is 2.18. The Morgan fingerprint density at radius 3 is 2.82 bits per heavy atom. The number of hydrogen-bond acceptors (Lipinski definition) is 5. The van der Waals surface area contributed by atoms with Crippen molar-refractivity contribution in [3.8, 4) is 0 Å². The minimum atomic E-state index is -3.37. The molecule has 0 aromatic carbocycles. The second-order valence-electron chi connectivity index (χ2n) is 3.56. The zero-order valence-electron chi connectivity index (χ0n) is 9.50. The number of nitrogens with zero attached hydrogens (tertiary/aromatic N) is 1. The second kappa shape index (κ2) is 5.46. The molecule has 96 valence electrons. The summed E-state index contributed by atoms with van der Waals surface area (Å²) >= 11 is 1.08. The predicted molar refractivity (Wildman–Crippen MR) is 65.9 cm³/mol. The van der Waals surface area contributed by atoms with Gasteiger partial charge in [-0.25, -0.2) is 13.4 Å². The Kier molecular flexibility index (Phi) is 4.47. The van der Waals surface area contributed by atoms with Gasteiger partial charge in [-0.2, -0.15) is 0 Å². The van der Waals surface area contributed by atoms with E-state index in [1.165, 1.54) is 6.92 Å². The van der Waals surface area contributed by atoms with Crippen molar-refractivity contribution in [3.05, 3.63) is 11.1 Å². The Morgan fingerprint density at radius 2 is 2.29 bits per heavy atom. The standard InChI is InChI=1S/C9H14N2O4S2/c1-3-4-17(14,15)11-9-10-7(5-16-9)6(2)8(12)13/h5-6H,3-4H2,1-2H3,(H,10,11)(H,12,13). The molecule has 0 fully saturated rings. The highest BCUT2D eigenvalue weighted by Crippen LogP contribution is 2.22. The van der Waals surface area contributed by atoms with Crippen molar-refractivity contribution in [2.75, 3.05) is 10.5 Å². The van der Waals surface area contributed by atoms with Gasteiger partial charge in [0.05, 0.1) is 17.4 Å². The first-order chi connectivity index (χ1) is 7.85. The van der Waals surface area contributed by atoms with E-state index < -0.39 is 21.9 Å². The lowest BCUT2D eigenvalue weighted by atomic mass is 10.1. The first-order valence-electron chi connectivity index (χ1n) is 5.04. The van der Waals surface area contributed by atoms with Gasteiger partial charge in [-0.3, -0.25) is 9.52 Å². The van der Waals surface area contributed by atoms with Crippen LogP contribution in [0, 0.1) is 0 Å². The summed E-state index contributed by atoms with van der Waals surface area (Å²) in [6, 6.07) is 0. The smallest absolute Gasteiger partial charge is 0.312 e. The van der Waals surface area contributed by atoms with Crippen molar-refractivity contribution in [1.29, 1.82) is 0 Å². The third-order valence-electron chi connectivity index (χ3n) is 2.05. The lowest BCUT2D eigenvalue weighted by Gasteiger charge is -2.03. The fourth-order valence-corrected chi connectivity index (χ4v) is 3.28. The third-order valence-corrected chi connectivity index (χ3v) is 4.41. The number of nitrogens with one attached hydrogen (secondary N) is 1. The summed E-state index contributed by atoms with van der Waals surface area (Å²) in [4.78, 5) is 14.7. The van der Waals surface area contributed by atoms with Crippen LogP contribution in [0.5, 0.6) is 0 Å². The molecule has 1 atom stereocenters. The Bertz CT molecular complexity index is 495. The quantitative estimate of drug-likeness (QED) is 0.821. The first-order valence-corrected chi connectivity index (χ1v) is 7.57. The molecule has 0 bridgehead atoms. The second-order valence-corrected chi connectivity index (χ2v) is 6.26. The summed E-state index contributed by atoms with van der Waals surface area (Å²) in [6.45, 7) is 3.26. The molecule has 0 aliphatic rings. The first kappa shape index (κ1) is 13.9. The molecule has 0 radical (unpaired) electrons. The lowest BCUT2D eigenvalue weighted by Crippen LogP contribution is -2.16. The number of hydrogen-bond donors (Lipinski definition) is 2. The maximum atomic E-state index is 11.5. The predicted octanol–water partition coefficient (Wildman–Crippen LogP) is 1.48. The van der Waals surface area contributed by atoms with Crippen LogP contribution in [0.1, 0.15) is 31.9 Å². The van der Waals surface area contributed by atoms with E-state index in [9.17, 15) is 13.2 Å². The zero-order chi connectivity index (χ0) is 13.1. The van der Waals surface area contributed by atoms with E-state index in [0.717, 1.165) is 11.3 Å². The summed E-state index contributed by atoms with van der Waals surface area (Å²) < 4.78 is 25.2. The maximum Gasteiger partial charge on any atom is 0.312 e. The zero-order valence-corrected chi connectivity index (χ0v) is 11.1. The molecule has 1 rings (SSSR count). The summed E-state index contributed by atoms with van der Waals surface area (Å²) in [5.74, 6) is -1.70. The van der Waals surface area contributed by atoms with E-state index in [1.54, 1.807) is 12.3 Å². The molecular formula is C9H14N2O4S2. The number of aliphatic carboxylic acids is 1. The number of thiazole rings is 1. The molecule has 0 saturated heterocycles. The number of rotatable bonds is 6. The maximum absolute atomic E-state index is 11.5. The van der Waals surface area contributed by atoms with Gasteiger partial charge in [-0.15, -0.1) is 11.3 Å². The number of carbonyl (C=O) groups is 1. The molecule has 17 heavy (non-hydrogen) atoms. The highest BCUT2D eigenvalue weighted by molar-refractivity contribution is 7.92. The van der Waals surface area contributed by atoms with Crippen molar-refractivity contribution in [1.82, 2.24) is 4.98 Å².